The van der Waals surface area contributed by atoms with Crippen molar-refractivity contribution in [3.63, 3.8) is 0 Å². The summed E-state index contributed by atoms with van der Waals surface area (Å²) >= 11 is 2.39. The molecule has 0 saturated heterocycles. The normalized spacial score (nSPS) is 15.0. The maximum absolute atomic E-state index is 12.2. The molecule has 3 nitrogen and oxygen atoms in total. The quantitative estimate of drug-likeness (QED) is 0.275. The molecule has 0 heterocycles. The second-order valence-electron chi connectivity index (χ2n) is 9.08. The highest BCUT2D eigenvalue weighted by Crippen LogP contribution is 2.30. The highest BCUT2D eigenvalue weighted by atomic mass is 127. The van der Waals surface area contributed by atoms with E-state index in [1.807, 2.05) is 20.8 Å². The predicted octanol–water partition coefficient (Wildman–Crippen LogP) is 5.82. The van der Waals surface area contributed by atoms with E-state index >= 15 is 0 Å². The Labute approximate surface area is 163 Å². The molecule has 0 rings (SSSR count). The van der Waals surface area contributed by atoms with Crippen molar-refractivity contribution in [3.8, 4) is 0 Å². The van der Waals surface area contributed by atoms with E-state index in [-0.39, 0.29) is 28.6 Å². The number of carbonyl (C=O) groups excluding carboxylic acids is 1. The van der Waals surface area contributed by atoms with Crippen LogP contribution >= 0.6 is 22.6 Å². The molecule has 0 aromatic rings. The first kappa shape index (κ1) is 24.3. The van der Waals surface area contributed by atoms with Crippen LogP contribution in [-0.4, -0.2) is 33.6 Å². The van der Waals surface area contributed by atoms with Gasteiger partial charge in [0.25, 0.3) is 0 Å². The van der Waals surface area contributed by atoms with Crippen LogP contribution in [0.15, 0.2) is 0 Å². The van der Waals surface area contributed by atoms with Gasteiger partial charge in [-0.3, -0.25) is 4.79 Å². The van der Waals surface area contributed by atoms with Crippen molar-refractivity contribution in [2.45, 2.75) is 98.4 Å². The fourth-order valence-corrected chi connectivity index (χ4v) is 4.42. The van der Waals surface area contributed by atoms with Crippen LogP contribution in [0.25, 0.3) is 0 Å². The topological polar surface area (TPSA) is 35.5 Å². The Morgan fingerprint density at radius 3 is 1.92 bits per heavy atom. The highest BCUT2D eigenvalue weighted by molar-refractivity contribution is 14.1. The van der Waals surface area contributed by atoms with Gasteiger partial charge in [-0.05, 0) is 60.8 Å². The highest BCUT2D eigenvalue weighted by Gasteiger charge is 2.33. The van der Waals surface area contributed by atoms with Gasteiger partial charge >= 0.3 is 0 Å². The molecule has 0 aliphatic heterocycles. The fraction of sp³-hybridized carbons (Fsp3) is 0.950. The second kappa shape index (κ2) is 9.86. The Morgan fingerprint density at radius 1 is 0.917 bits per heavy atom. The Hall–Kier alpha value is 0.320. The van der Waals surface area contributed by atoms with Crippen molar-refractivity contribution in [2.75, 3.05) is 11.0 Å². The van der Waals surface area contributed by atoms with Crippen LogP contribution in [0.2, 0.25) is 0 Å². The largest absolute Gasteiger partial charge is 0.375 e. The molecule has 0 aromatic heterocycles. The van der Waals surface area contributed by atoms with Gasteiger partial charge in [0.05, 0.1) is 23.4 Å². The van der Waals surface area contributed by atoms with Gasteiger partial charge in [-0.2, -0.15) is 0 Å². The lowest BCUT2D eigenvalue weighted by Gasteiger charge is -2.38. The zero-order valence-electron chi connectivity index (χ0n) is 17.3. The number of carbonyl (C=O) groups is 1. The predicted molar refractivity (Wildman–Crippen MR) is 111 cm³/mol. The van der Waals surface area contributed by atoms with Gasteiger partial charge in [0.2, 0.25) is 0 Å². The summed E-state index contributed by atoms with van der Waals surface area (Å²) in [4.78, 5) is 12.2. The number of Topliss-reactive ketones (excluding diaryl/α,β-unsaturated/α-hetero) is 1. The first-order valence-corrected chi connectivity index (χ1v) is 10.7. The average molecular weight is 454 g/mol. The third kappa shape index (κ3) is 10.3. The number of hydrogen-bond acceptors (Lipinski definition) is 3. The summed E-state index contributed by atoms with van der Waals surface area (Å²) in [5.74, 6) is 0.417. The van der Waals surface area contributed by atoms with Crippen molar-refractivity contribution in [1.29, 1.82) is 0 Å². The molecule has 0 aliphatic rings. The minimum atomic E-state index is -0.328. The summed E-state index contributed by atoms with van der Waals surface area (Å²) in [5, 5.41) is 0. The minimum Gasteiger partial charge on any atom is -0.375 e. The lowest BCUT2D eigenvalue weighted by molar-refractivity contribution is -0.152. The SMILES string of the molecule is CC(C)C(=O)C(C)CC(C)(C)OC(C)(C)CCOC(C)(C)CCI. The maximum atomic E-state index is 12.2. The van der Waals surface area contributed by atoms with Crippen LogP contribution in [-0.2, 0) is 14.3 Å². The first-order valence-electron chi connectivity index (χ1n) is 9.15. The molecule has 4 heteroatoms. The smallest absolute Gasteiger partial charge is 0.138 e. The molecule has 0 spiro atoms. The van der Waals surface area contributed by atoms with E-state index in [4.69, 9.17) is 9.47 Å². The van der Waals surface area contributed by atoms with Gasteiger partial charge in [-0.15, -0.1) is 0 Å². The number of ketones is 1. The molecule has 1 unspecified atom stereocenters. The monoisotopic (exact) mass is 454 g/mol. The molecule has 0 aromatic carbocycles. The van der Waals surface area contributed by atoms with Crippen molar-refractivity contribution in [1.82, 2.24) is 0 Å². The van der Waals surface area contributed by atoms with Gasteiger partial charge in [-0.25, -0.2) is 0 Å². The van der Waals surface area contributed by atoms with E-state index in [0.29, 0.717) is 12.4 Å². The van der Waals surface area contributed by atoms with Crippen LogP contribution in [0.5, 0.6) is 0 Å². The Bertz CT molecular complexity index is 386. The van der Waals surface area contributed by atoms with Crippen molar-refractivity contribution < 1.29 is 14.3 Å². The van der Waals surface area contributed by atoms with E-state index in [1.165, 1.54) is 0 Å². The van der Waals surface area contributed by atoms with E-state index in [2.05, 4.69) is 64.1 Å². The molecular weight excluding hydrogens is 415 g/mol. The lowest BCUT2D eigenvalue weighted by atomic mass is 9.87. The van der Waals surface area contributed by atoms with Gasteiger partial charge in [0.15, 0.2) is 0 Å². The van der Waals surface area contributed by atoms with Crippen LogP contribution in [0.3, 0.4) is 0 Å². The fourth-order valence-electron chi connectivity index (χ4n) is 3.12. The zero-order chi connectivity index (χ0) is 19.2. The minimum absolute atomic E-state index is 0.0228. The molecule has 0 aliphatic carbocycles. The van der Waals surface area contributed by atoms with Crippen molar-refractivity contribution in [3.05, 3.63) is 0 Å². The average Bonchev–Trinajstić information content (AvgIpc) is 2.34. The van der Waals surface area contributed by atoms with Crippen LogP contribution in [0, 0.1) is 11.8 Å². The van der Waals surface area contributed by atoms with Crippen LogP contribution in [0.4, 0.5) is 0 Å². The summed E-state index contributed by atoms with van der Waals surface area (Å²) in [7, 11) is 0. The number of ether oxygens (including phenoxy) is 2. The molecule has 0 N–H and O–H groups in total. The Morgan fingerprint density at radius 2 is 1.46 bits per heavy atom. The van der Waals surface area contributed by atoms with E-state index < -0.39 is 0 Å². The third-order valence-electron chi connectivity index (χ3n) is 4.30. The molecule has 0 amide bonds. The number of alkyl halides is 1. The number of halogens is 1. The third-order valence-corrected chi connectivity index (χ3v) is 4.84. The number of hydrogen-bond donors (Lipinski definition) is 0. The molecule has 0 saturated carbocycles. The van der Waals surface area contributed by atoms with Gasteiger partial charge in [0, 0.05) is 16.3 Å². The summed E-state index contributed by atoms with van der Waals surface area (Å²) in [6, 6.07) is 0. The molecule has 0 bridgehead atoms. The summed E-state index contributed by atoms with van der Waals surface area (Å²) in [6.45, 7) is 19.3. The van der Waals surface area contributed by atoms with Crippen LogP contribution < -0.4 is 0 Å². The van der Waals surface area contributed by atoms with E-state index in [1.54, 1.807) is 0 Å². The maximum Gasteiger partial charge on any atom is 0.138 e. The Kier molecular flexibility index (Phi) is 9.99. The summed E-state index contributed by atoms with van der Waals surface area (Å²) in [5.41, 5.74) is -0.680. The van der Waals surface area contributed by atoms with Crippen LogP contribution in [0.1, 0.15) is 81.6 Å². The van der Waals surface area contributed by atoms with Crippen molar-refractivity contribution in [2.24, 2.45) is 11.8 Å². The van der Waals surface area contributed by atoms with E-state index in [9.17, 15) is 4.79 Å². The molecule has 144 valence electrons. The van der Waals surface area contributed by atoms with Gasteiger partial charge in [-0.1, -0.05) is 43.4 Å². The molecule has 1 atom stereocenters. The molecule has 0 radical (unpaired) electrons. The standard InChI is InChI=1S/C20H39IO3/c1-15(2)17(22)16(3)14-20(8,9)24-19(6,7)11-13-23-18(4,5)10-12-21/h15-16H,10-14H2,1-9H3. The second-order valence-corrected chi connectivity index (χ2v) is 10.2. The Balaban J connectivity index is 4.52. The zero-order valence-corrected chi connectivity index (χ0v) is 19.5. The molecule has 0 fully saturated rings. The molecular formula is C20H39IO3. The first-order chi connectivity index (χ1) is 10.7. The summed E-state index contributed by atoms with van der Waals surface area (Å²) in [6.07, 6.45) is 2.64. The van der Waals surface area contributed by atoms with E-state index in [0.717, 1.165) is 23.7 Å². The van der Waals surface area contributed by atoms with Gasteiger partial charge in [0.1, 0.15) is 5.78 Å². The van der Waals surface area contributed by atoms with Crippen molar-refractivity contribution >= 4 is 28.4 Å². The number of rotatable bonds is 12. The molecule has 24 heavy (non-hydrogen) atoms. The van der Waals surface area contributed by atoms with Gasteiger partial charge < -0.3 is 9.47 Å². The lowest BCUT2D eigenvalue weighted by Crippen LogP contribution is -2.40. The summed E-state index contributed by atoms with van der Waals surface area (Å²) < 4.78 is 13.5.